The van der Waals surface area contributed by atoms with Gasteiger partial charge in [-0.3, -0.25) is 14.9 Å². The SMILES string of the molecule is Cc1cc(C2CC2)cnc1N1CCN(C(=O)c2ccc(C3(C4CC4)NC(=O)NC3=O)cc2)CC1. The number of hydrogen-bond donors (Lipinski definition) is 2. The van der Waals surface area contributed by atoms with Crippen LogP contribution in [0, 0.1) is 12.8 Å². The van der Waals surface area contributed by atoms with E-state index in [4.69, 9.17) is 4.98 Å². The normalized spacial score (nSPS) is 24.7. The molecule has 2 saturated heterocycles. The lowest BCUT2D eigenvalue weighted by atomic mass is 9.84. The molecule has 2 aromatic rings. The van der Waals surface area contributed by atoms with E-state index in [0.717, 1.165) is 37.3 Å². The number of pyridine rings is 1. The van der Waals surface area contributed by atoms with Crippen molar-refractivity contribution in [3.63, 3.8) is 0 Å². The quantitative estimate of drug-likeness (QED) is 0.671. The number of imide groups is 1. The molecule has 8 heteroatoms. The van der Waals surface area contributed by atoms with E-state index in [1.807, 2.05) is 23.2 Å². The van der Waals surface area contributed by atoms with Crippen LogP contribution < -0.4 is 15.5 Å². The monoisotopic (exact) mass is 459 g/mol. The van der Waals surface area contributed by atoms with E-state index in [0.29, 0.717) is 24.6 Å². The topological polar surface area (TPSA) is 94.6 Å². The first kappa shape index (κ1) is 21.1. The van der Waals surface area contributed by atoms with Gasteiger partial charge in [-0.25, -0.2) is 9.78 Å². The lowest BCUT2D eigenvalue weighted by molar-refractivity contribution is -0.125. The average Bonchev–Trinajstić information content (AvgIpc) is 3.76. The number of nitrogens with one attached hydrogen (secondary N) is 2. The number of nitrogens with zero attached hydrogens (tertiary/aromatic N) is 3. The molecule has 0 bridgehead atoms. The molecule has 4 aliphatic rings. The third-order valence-corrected chi connectivity index (χ3v) is 7.66. The van der Waals surface area contributed by atoms with Crippen molar-refractivity contribution in [3.05, 3.63) is 58.8 Å². The first-order valence-corrected chi connectivity index (χ1v) is 12.2. The predicted molar refractivity (Wildman–Crippen MR) is 127 cm³/mol. The Labute approximate surface area is 198 Å². The zero-order valence-corrected chi connectivity index (χ0v) is 19.3. The molecular formula is C26H29N5O3. The van der Waals surface area contributed by atoms with E-state index in [1.165, 1.54) is 24.0 Å². The first-order chi connectivity index (χ1) is 16.5. The number of benzene rings is 1. The zero-order valence-electron chi connectivity index (χ0n) is 19.3. The maximum atomic E-state index is 13.2. The van der Waals surface area contributed by atoms with Crippen LogP contribution in [0.3, 0.4) is 0 Å². The van der Waals surface area contributed by atoms with E-state index in [-0.39, 0.29) is 17.7 Å². The number of hydrogen-bond acceptors (Lipinski definition) is 5. The van der Waals surface area contributed by atoms with Gasteiger partial charge in [0.2, 0.25) is 0 Å². The van der Waals surface area contributed by atoms with Crippen LogP contribution in [0.4, 0.5) is 10.6 Å². The summed E-state index contributed by atoms with van der Waals surface area (Å²) in [6.45, 7) is 4.89. The molecule has 2 saturated carbocycles. The highest BCUT2D eigenvalue weighted by Crippen LogP contribution is 2.47. The summed E-state index contributed by atoms with van der Waals surface area (Å²) in [4.78, 5) is 46.5. The fourth-order valence-electron chi connectivity index (χ4n) is 5.45. The molecular weight excluding hydrogens is 430 g/mol. The molecule has 8 nitrogen and oxygen atoms in total. The van der Waals surface area contributed by atoms with Gasteiger partial charge in [0, 0.05) is 37.9 Å². The molecule has 1 atom stereocenters. The summed E-state index contributed by atoms with van der Waals surface area (Å²) in [7, 11) is 0. The molecule has 3 heterocycles. The third kappa shape index (κ3) is 3.52. The molecule has 1 aromatic heterocycles. The molecule has 0 spiro atoms. The van der Waals surface area contributed by atoms with Gasteiger partial charge in [0.25, 0.3) is 11.8 Å². The summed E-state index contributed by atoms with van der Waals surface area (Å²) >= 11 is 0. The molecule has 4 amide bonds. The number of anilines is 1. The van der Waals surface area contributed by atoms with Crippen molar-refractivity contribution in [1.29, 1.82) is 0 Å². The second-order valence-corrected chi connectivity index (χ2v) is 10.0. The Hall–Kier alpha value is -3.42. The van der Waals surface area contributed by atoms with Crippen molar-refractivity contribution in [2.45, 2.75) is 44.1 Å². The van der Waals surface area contributed by atoms with Gasteiger partial charge >= 0.3 is 6.03 Å². The van der Waals surface area contributed by atoms with Crippen LogP contribution in [0.5, 0.6) is 0 Å². The van der Waals surface area contributed by atoms with Gasteiger partial charge in [-0.1, -0.05) is 18.2 Å². The van der Waals surface area contributed by atoms with Gasteiger partial charge in [0.05, 0.1) is 0 Å². The third-order valence-electron chi connectivity index (χ3n) is 7.66. The van der Waals surface area contributed by atoms with Crippen molar-refractivity contribution in [2.24, 2.45) is 5.92 Å². The first-order valence-electron chi connectivity index (χ1n) is 12.2. The number of carbonyl (C=O) groups is 3. The van der Waals surface area contributed by atoms with Crippen LogP contribution in [0.15, 0.2) is 36.5 Å². The molecule has 4 fully saturated rings. The number of aromatic nitrogens is 1. The number of urea groups is 1. The second-order valence-electron chi connectivity index (χ2n) is 10.0. The van der Waals surface area contributed by atoms with Crippen molar-refractivity contribution in [2.75, 3.05) is 31.1 Å². The molecule has 2 N–H and O–H groups in total. The predicted octanol–water partition coefficient (Wildman–Crippen LogP) is 2.67. The summed E-state index contributed by atoms with van der Waals surface area (Å²) in [5.41, 5.74) is 2.86. The number of aryl methyl sites for hydroxylation is 1. The Balaban J connectivity index is 1.13. The Morgan fingerprint density at radius 1 is 1.03 bits per heavy atom. The summed E-state index contributed by atoms with van der Waals surface area (Å²) in [5.74, 6) is 1.50. The van der Waals surface area contributed by atoms with Crippen LogP contribution >= 0.6 is 0 Å². The lowest BCUT2D eigenvalue weighted by Gasteiger charge is -2.36. The van der Waals surface area contributed by atoms with E-state index in [9.17, 15) is 14.4 Å². The lowest BCUT2D eigenvalue weighted by Crippen LogP contribution is -2.49. The van der Waals surface area contributed by atoms with E-state index in [1.54, 1.807) is 12.1 Å². The van der Waals surface area contributed by atoms with Crippen molar-refractivity contribution < 1.29 is 14.4 Å². The minimum atomic E-state index is -1.01. The van der Waals surface area contributed by atoms with Crippen LogP contribution in [0.1, 0.15) is 58.6 Å². The minimum absolute atomic E-state index is 0.0136. The summed E-state index contributed by atoms with van der Waals surface area (Å²) in [5, 5.41) is 5.21. The van der Waals surface area contributed by atoms with Gasteiger partial charge in [0.15, 0.2) is 0 Å². The van der Waals surface area contributed by atoms with Crippen molar-refractivity contribution in [1.82, 2.24) is 20.5 Å². The fraction of sp³-hybridized carbons (Fsp3) is 0.462. The molecule has 2 aliphatic carbocycles. The highest BCUT2D eigenvalue weighted by molar-refractivity contribution is 6.08. The molecule has 1 unspecified atom stereocenters. The summed E-state index contributed by atoms with van der Waals surface area (Å²) < 4.78 is 0. The Kier molecular flexibility index (Phi) is 4.86. The van der Waals surface area contributed by atoms with Gasteiger partial charge in [-0.15, -0.1) is 0 Å². The average molecular weight is 460 g/mol. The van der Waals surface area contributed by atoms with Gasteiger partial charge in [-0.05, 0) is 73.3 Å². The highest BCUT2D eigenvalue weighted by atomic mass is 16.2. The molecule has 176 valence electrons. The largest absolute Gasteiger partial charge is 0.353 e. The van der Waals surface area contributed by atoms with Gasteiger partial charge in [-0.2, -0.15) is 0 Å². The fourth-order valence-corrected chi connectivity index (χ4v) is 5.45. The number of rotatable bonds is 5. The number of carbonyl (C=O) groups excluding carboxylic acids is 3. The maximum absolute atomic E-state index is 13.2. The molecule has 6 rings (SSSR count). The highest BCUT2D eigenvalue weighted by Gasteiger charge is 2.57. The molecule has 34 heavy (non-hydrogen) atoms. The summed E-state index contributed by atoms with van der Waals surface area (Å²) in [6.07, 6.45) is 6.35. The molecule has 1 aromatic carbocycles. The Bertz CT molecular complexity index is 1160. The standard InChI is InChI=1S/C26H29N5O3/c1-16-14-19(17-2-3-17)15-27-22(16)30-10-12-31(13-11-30)23(32)18-4-6-20(7-5-18)26(21-8-9-21)24(33)28-25(34)29-26/h4-7,14-15,17,21H,2-3,8-13H2,1H3,(H2,28,29,33,34). The summed E-state index contributed by atoms with van der Waals surface area (Å²) in [6, 6.07) is 8.97. The maximum Gasteiger partial charge on any atom is 0.322 e. The number of piperazine rings is 1. The minimum Gasteiger partial charge on any atom is -0.353 e. The molecule has 2 aliphatic heterocycles. The Morgan fingerprint density at radius 3 is 2.29 bits per heavy atom. The van der Waals surface area contributed by atoms with E-state index >= 15 is 0 Å². The second kappa shape index (κ2) is 7.82. The van der Waals surface area contributed by atoms with Crippen LogP contribution in [0.2, 0.25) is 0 Å². The smallest absolute Gasteiger partial charge is 0.322 e. The van der Waals surface area contributed by atoms with Gasteiger partial charge < -0.3 is 15.1 Å². The zero-order chi connectivity index (χ0) is 23.4. The van der Waals surface area contributed by atoms with E-state index in [2.05, 4.69) is 28.5 Å². The van der Waals surface area contributed by atoms with E-state index < -0.39 is 11.6 Å². The van der Waals surface area contributed by atoms with Crippen LogP contribution in [-0.2, 0) is 10.3 Å². The van der Waals surface area contributed by atoms with Crippen molar-refractivity contribution in [3.8, 4) is 0 Å². The number of amides is 4. The Morgan fingerprint density at radius 2 is 1.74 bits per heavy atom. The molecule has 0 radical (unpaired) electrons. The van der Waals surface area contributed by atoms with Crippen LogP contribution in [0.25, 0.3) is 0 Å². The van der Waals surface area contributed by atoms with Crippen LogP contribution in [-0.4, -0.2) is 53.9 Å². The van der Waals surface area contributed by atoms with Crippen molar-refractivity contribution >= 4 is 23.7 Å². The van der Waals surface area contributed by atoms with Gasteiger partial charge in [0.1, 0.15) is 11.4 Å².